The summed E-state index contributed by atoms with van der Waals surface area (Å²) >= 11 is 3.59. The van der Waals surface area contributed by atoms with Gasteiger partial charge in [-0.15, -0.1) is 0 Å². The number of benzene rings is 8. The van der Waals surface area contributed by atoms with Crippen LogP contribution in [0.25, 0.3) is 54.0 Å². The molecule has 1 heterocycles. The molecule has 270 valence electrons. The molecule has 1 aromatic heterocycles. The van der Waals surface area contributed by atoms with Crippen LogP contribution in [0.15, 0.2) is 167 Å². The number of hydrogen-bond acceptors (Lipinski definition) is 4. The third kappa shape index (κ3) is 7.09. The van der Waals surface area contributed by atoms with Gasteiger partial charge in [0.25, 0.3) is 5.56 Å². The lowest BCUT2D eigenvalue weighted by atomic mass is 9.95. The molecule has 9 rings (SSSR count). The van der Waals surface area contributed by atoms with Gasteiger partial charge in [-0.1, -0.05) is 115 Å². The zero-order chi connectivity index (χ0) is 37.9. The molecule has 6 heteroatoms. The smallest absolute Gasteiger partial charge is 0.259 e. The van der Waals surface area contributed by atoms with E-state index >= 15 is 0 Å². The summed E-state index contributed by atoms with van der Waals surface area (Å²) in [5, 5.41) is 9.70. The molecule has 55 heavy (non-hydrogen) atoms. The van der Waals surface area contributed by atoms with E-state index in [0.29, 0.717) is 13.0 Å². The topological polar surface area (TPSA) is 57.5 Å². The van der Waals surface area contributed by atoms with Gasteiger partial charge in [0, 0.05) is 32.6 Å². The summed E-state index contributed by atoms with van der Waals surface area (Å²) in [6.07, 6.45) is 1.21. The van der Waals surface area contributed by atoms with Crippen LogP contribution in [0, 0.1) is 0 Å². The first-order valence-corrected chi connectivity index (χ1v) is 19.0. The van der Waals surface area contributed by atoms with Gasteiger partial charge < -0.3 is 14.0 Å². The van der Waals surface area contributed by atoms with Crippen LogP contribution in [0.4, 0.5) is 0 Å². The molecule has 0 amide bonds. The molecule has 5 nitrogen and oxygen atoms in total. The third-order valence-electron chi connectivity index (χ3n) is 10.3. The summed E-state index contributed by atoms with van der Waals surface area (Å²) in [5.41, 5.74) is 3.92. The number of hydrogen-bond donors (Lipinski definition) is 0. The molecule has 9 aromatic rings. The molecule has 8 aromatic carbocycles. The highest BCUT2D eigenvalue weighted by Crippen LogP contribution is 2.35. The molecule has 0 aliphatic heterocycles. The van der Waals surface area contributed by atoms with E-state index in [0.717, 1.165) is 87.7 Å². The minimum absolute atomic E-state index is 0.0318. The number of pyridine rings is 1. The maximum atomic E-state index is 13.8. The standard InChI is InChI=1S/C29H21NO2.C20H17BrO2/c1-32-22-14-10-19(11-15-22)18-30-26-17-13-21-7-3-5-9-24(21)28(26)27-23-8-4-2-6-20(23)12-16-25(27)29(30)31;1-23-16-10-6-14(7-11-16)8-13-19(22)18-12-9-15-4-2-3-5-17(15)20(18)21/h2-17H,18H2,1H3;2-7,9-12H,8,13H2,1H3. The van der Waals surface area contributed by atoms with Gasteiger partial charge in [0.05, 0.1) is 26.3 Å². The van der Waals surface area contributed by atoms with Gasteiger partial charge in [0.15, 0.2) is 5.78 Å². The number of carbonyl (C=O) groups is 1. The van der Waals surface area contributed by atoms with Crippen molar-refractivity contribution < 1.29 is 14.3 Å². The van der Waals surface area contributed by atoms with Crippen LogP contribution in [0.2, 0.25) is 0 Å². The summed E-state index contributed by atoms with van der Waals surface area (Å²) in [5.74, 6) is 1.79. The second kappa shape index (κ2) is 15.6. The lowest BCUT2D eigenvalue weighted by molar-refractivity contribution is 0.0982. The van der Waals surface area contributed by atoms with Crippen molar-refractivity contribution in [2.45, 2.75) is 19.4 Å². The van der Waals surface area contributed by atoms with Crippen molar-refractivity contribution >= 4 is 75.7 Å². The fraction of sp³-hybridized carbons (Fsp3) is 0.102. The van der Waals surface area contributed by atoms with Crippen molar-refractivity contribution in [1.82, 2.24) is 4.57 Å². The molecule has 0 bridgehead atoms. The normalized spacial score (nSPS) is 11.2. The van der Waals surface area contributed by atoms with Gasteiger partial charge in [-0.25, -0.2) is 0 Å². The Morgan fingerprint density at radius 1 is 0.545 bits per heavy atom. The summed E-state index contributed by atoms with van der Waals surface area (Å²) in [6.45, 7) is 0.500. The molecule has 0 N–H and O–H groups in total. The van der Waals surface area contributed by atoms with Crippen LogP contribution >= 0.6 is 15.9 Å². The Balaban J connectivity index is 0.000000165. The monoisotopic (exact) mass is 783 g/mol. The maximum absolute atomic E-state index is 13.8. The minimum atomic E-state index is 0.0318. The van der Waals surface area contributed by atoms with Crippen LogP contribution in [0.3, 0.4) is 0 Å². The van der Waals surface area contributed by atoms with E-state index in [4.69, 9.17) is 9.47 Å². The van der Waals surface area contributed by atoms with Gasteiger partial charge in [0.1, 0.15) is 11.5 Å². The fourth-order valence-corrected chi connectivity index (χ4v) is 8.14. The minimum Gasteiger partial charge on any atom is -0.497 e. The van der Waals surface area contributed by atoms with Gasteiger partial charge in [-0.05, 0) is 108 Å². The average molecular weight is 785 g/mol. The highest BCUT2D eigenvalue weighted by molar-refractivity contribution is 9.10. The third-order valence-corrected chi connectivity index (χ3v) is 11.2. The lowest BCUT2D eigenvalue weighted by Crippen LogP contribution is -2.21. The molecule has 0 unspecified atom stereocenters. The molecule has 0 atom stereocenters. The number of ether oxygens (including phenoxy) is 2. The van der Waals surface area contributed by atoms with Crippen LogP contribution in [0.5, 0.6) is 11.5 Å². The van der Waals surface area contributed by atoms with Crippen LogP contribution in [-0.2, 0) is 13.0 Å². The van der Waals surface area contributed by atoms with Gasteiger partial charge in [-0.2, -0.15) is 0 Å². The number of fused-ring (bicyclic) bond motifs is 8. The maximum Gasteiger partial charge on any atom is 0.259 e. The highest BCUT2D eigenvalue weighted by atomic mass is 79.9. The summed E-state index contributed by atoms with van der Waals surface area (Å²) in [7, 11) is 3.31. The number of Topliss-reactive ketones (excluding diaryl/α,β-unsaturated/α-hetero) is 1. The van der Waals surface area contributed by atoms with Gasteiger partial charge in [-0.3, -0.25) is 9.59 Å². The van der Waals surface area contributed by atoms with E-state index in [-0.39, 0.29) is 11.3 Å². The number of carbonyl (C=O) groups excluding carboxylic acids is 1. The fourth-order valence-electron chi connectivity index (χ4n) is 7.43. The Labute approximate surface area is 327 Å². The number of aryl methyl sites for hydroxylation is 1. The summed E-state index contributed by atoms with van der Waals surface area (Å²) < 4.78 is 13.2. The zero-order valence-corrected chi connectivity index (χ0v) is 32.2. The van der Waals surface area contributed by atoms with E-state index in [9.17, 15) is 9.59 Å². The summed E-state index contributed by atoms with van der Waals surface area (Å²) in [4.78, 5) is 26.3. The van der Waals surface area contributed by atoms with Crippen molar-refractivity contribution in [3.8, 4) is 11.5 Å². The summed E-state index contributed by atoms with van der Waals surface area (Å²) in [6, 6.07) is 52.7. The SMILES string of the molecule is COc1ccc(CCC(=O)c2ccc3ccccc3c2Br)cc1.COc1ccc(Cn2c(=O)c3ccc4ccccc4c3c3c4ccccc4ccc32)cc1. The number of rotatable bonds is 8. The zero-order valence-electron chi connectivity index (χ0n) is 30.6. The Hall–Kier alpha value is -6.24. The molecular formula is C49H38BrNO4. The number of aromatic nitrogens is 1. The van der Waals surface area contributed by atoms with E-state index in [2.05, 4.69) is 64.5 Å². The number of nitrogens with zero attached hydrogens (tertiary/aromatic N) is 1. The van der Waals surface area contributed by atoms with E-state index < -0.39 is 0 Å². The van der Waals surface area contributed by atoms with Crippen molar-refractivity contribution in [2.75, 3.05) is 14.2 Å². The molecule has 0 spiro atoms. The first-order chi connectivity index (χ1) is 26.9. The predicted octanol–water partition coefficient (Wildman–Crippen LogP) is 11.9. The Bertz CT molecular complexity index is 2910. The molecular weight excluding hydrogens is 746 g/mol. The van der Waals surface area contributed by atoms with Crippen LogP contribution < -0.4 is 15.0 Å². The largest absolute Gasteiger partial charge is 0.497 e. The molecule has 0 saturated carbocycles. The Kier molecular flexibility index (Phi) is 10.2. The molecule has 0 saturated heterocycles. The number of methoxy groups -OCH3 is 2. The van der Waals surface area contributed by atoms with Crippen molar-refractivity contribution in [1.29, 1.82) is 0 Å². The Morgan fingerprint density at radius 2 is 1.05 bits per heavy atom. The van der Waals surface area contributed by atoms with E-state index in [1.54, 1.807) is 14.2 Å². The van der Waals surface area contributed by atoms with Crippen molar-refractivity contribution in [2.24, 2.45) is 0 Å². The molecule has 0 aliphatic rings. The van der Waals surface area contributed by atoms with Crippen LogP contribution in [-0.4, -0.2) is 24.6 Å². The molecule has 0 radical (unpaired) electrons. The van der Waals surface area contributed by atoms with E-state index in [1.807, 2.05) is 114 Å². The highest BCUT2D eigenvalue weighted by Gasteiger charge is 2.16. The number of halogens is 1. The number of ketones is 1. The van der Waals surface area contributed by atoms with Crippen molar-refractivity contribution in [3.05, 3.63) is 189 Å². The van der Waals surface area contributed by atoms with E-state index in [1.165, 1.54) is 5.39 Å². The molecule has 0 fully saturated rings. The van der Waals surface area contributed by atoms with Gasteiger partial charge in [0.2, 0.25) is 0 Å². The quantitative estimate of drug-likeness (QED) is 0.114. The van der Waals surface area contributed by atoms with Crippen LogP contribution in [0.1, 0.15) is 27.9 Å². The Morgan fingerprint density at radius 3 is 1.67 bits per heavy atom. The second-order valence-corrected chi connectivity index (χ2v) is 14.3. The lowest BCUT2D eigenvalue weighted by Gasteiger charge is -2.17. The molecule has 0 aliphatic carbocycles. The first kappa shape index (κ1) is 35.8. The predicted molar refractivity (Wildman–Crippen MR) is 230 cm³/mol. The average Bonchev–Trinajstić information content (AvgIpc) is 3.24. The second-order valence-electron chi connectivity index (χ2n) is 13.5. The van der Waals surface area contributed by atoms with Gasteiger partial charge >= 0.3 is 0 Å². The van der Waals surface area contributed by atoms with Crippen molar-refractivity contribution in [3.63, 3.8) is 0 Å². The first-order valence-electron chi connectivity index (χ1n) is 18.3.